The zero-order valence-electron chi connectivity index (χ0n) is 15.1. The summed E-state index contributed by atoms with van der Waals surface area (Å²) in [6, 6.07) is 9.43. The number of hydrogen-bond donors (Lipinski definition) is 0. The van der Waals surface area contributed by atoms with Crippen LogP contribution in [0.5, 0.6) is 0 Å². The standard InChI is InChI=1S/C19H19ClN2O4S2/c1-2-16(17-4-3-9-27-17)22-18(23)14-10-21(11-15(14)19(22)24)28(25,26)13-7-5-12(20)6-8-13/h3-9,14-16H,2,10-11H2,1H3/t14-,15+,16?. The number of benzene rings is 1. The first-order valence-corrected chi connectivity index (χ1v) is 11.7. The van der Waals surface area contributed by atoms with Gasteiger partial charge in [0, 0.05) is 23.0 Å². The van der Waals surface area contributed by atoms with Gasteiger partial charge in [0.25, 0.3) is 0 Å². The van der Waals surface area contributed by atoms with Gasteiger partial charge in [-0.3, -0.25) is 14.5 Å². The summed E-state index contributed by atoms with van der Waals surface area (Å²) in [7, 11) is -3.78. The molecule has 28 heavy (non-hydrogen) atoms. The van der Waals surface area contributed by atoms with Crippen LogP contribution in [0.1, 0.15) is 24.3 Å². The fourth-order valence-electron chi connectivity index (χ4n) is 3.99. The van der Waals surface area contributed by atoms with Gasteiger partial charge < -0.3 is 0 Å². The highest BCUT2D eigenvalue weighted by Gasteiger charge is 2.56. The van der Waals surface area contributed by atoms with E-state index in [4.69, 9.17) is 11.6 Å². The zero-order valence-corrected chi connectivity index (χ0v) is 17.5. The van der Waals surface area contributed by atoms with E-state index in [0.717, 1.165) is 4.88 Å². The average molecular weight is 439 g/mol. The SMILES string of the molecule is CCC(c1cccs1)N1C(=O)[C@H]2CN(S(=O)(=O)c3ccc(Cl)cc3)C[C@H]2C1=O. The van der Waals surface area contributed by atoms with Gasteiger partial charge in [-0.05, 0) is 42.1 Å². The van der Waals surface area contributed by atoms with Crippen molar-refractivity contribution in [2.75, 3.05) is 13.1 Å². The molecule has 2 aliphatic rings. The second-order valence-electron chi connectivity index (χ2n) is 6.97. The molecule has 1 unspecified atom stereocenters. The van der Waals surface area contributed by atoms with Crippen molar-refractivity contribution < 1.29 is 18.0 Å². The summed E-state index contributed by atoms with van der Waals surface area (Å²) in [5.74, 6) is -1.79. The highest BCUT2D eigenvalue weighted by molar-refractivity contribution is 7.89. The molecule has 0 radical (unpaired) electrons. The Bertz CT molecular complexity index is 981. The molecule has 0 bridgehead atoms. The minimum Gasteiger partial charge on any atom is -0.274 e. The lowest BCUT2D eigenvalue weighted by Gasteiger charge is -2.26. The lowest BCUT2D eigenvalue weighted by Crippen LogP contribution is -2.39. The number of carbonyl (C=O) groups is 2. The third-order valence-electron chi connectivity index (χ3n) is 5.42. The summed E-state index contributed by atoms with van der Waals surface area (Å²) in [5, 5.41) is 2.36. The minimum absolute atomic E-state index is 0.0254. The fourth-order valence-corrected chi connectivity index (χ4v) is 6.50. The Hall–Kier alpha value is -1.74. The molecule has 1 aromatic heterocycles. The molecule has 6 nitrogen and oxygen atoms in total. The molecule has 1 aromatic carbocycles. The van der Waals surface area contributed by atoms with E-state index in [1.165, 1.54) is 44.8 Å². The first kappa shape index (κ1) is 19.6. The number of imide groups is 1. The maximum Gasteiger partial charge on any atom is 0.243 e. The van der Waals surface area contributed by atoms with Crippen molar-refractivity contribution in [2.24, 2.45) is 11.8 Å². The molecular formula is C19H19ClN2O4S2. The molecule has 0 spiro atoms. The summed E-state index contributed by atoms with van der Waals surface area (Å²) in [6.07, 6.45) is 0.629. The number of likely N-dealkylation sites (tertiary alicyclic amines) is 1. The van der Waals surface area contributed by atoms with Gasteiger partial charge >= 0.3 is 0 Å². The Morgan fingerprint density at radius 3 is 2.21 bits per heavy atom. The zero-order chi connectivity index (χ0) is 20.1. The van der Waals surface area contributed by atoms with Gasteiger partial charge in [0.2, 0.25) is 21.8 Å². The molecule has 9 heteroatoms. The highest BCUT2D eigenvalue weighted by Crippen LogP contribution is 2.41. The topological polar surface area (TPSA) is 74.8 Å². The number of hydrogen-bond acceptors (Lipinski definition) is 5. The van der Waals surface area contributed by atoms with Crippen LogP contribution in [0, 0.1) is 11.8 Å². The van der Waals surface area contributed by atoms with Crippen LogP contribution in [0.4, 0.5) is 0 Å². The number of carbonyl (C=O) groups excluding carboxylic acids is 2. The molecule has 2 saturated heterocycles. The van der Waals surface area contributed by atoms with Crippen molar-refractivity contribution in [3.05, 3.63) is 51.7 Å². The number of rotatable bonds is 5. The number of thiophene rings is 1. The van der Waals surface area contributed by atoms with E-state index >= 15 is 0 Å². The van der Waals surface area contributed by atoms with Crippen molar-refractivity contribution in [3.8, 4) is 0 Å². The molecule has 2 aliphatic heterocycles. The third-order valence-corrected chi connectivity index (χ3v) is 8.49. The van der Waals surface area contributed by atoms with Gasteiger partial charge in [0.15, 0.2) is 0 Å². The second-order valence-corrected chi connectivity index (χ2v) is 10.3. The number of sulfonamides is 1. The Kier molecular flexibility index (Phi) is 5.07. The van der Waals surface area contributed by atoms with Gasteiger partial charge in [-0.25, -0.2) is 8.42 Å². The highest BCUT2D eigenvalue weighted by atomic mass is 35.5. The van der Waals surface area contributed by atoms with Gasteiger partial charge in [-0.15, -0.1) is 11.3 Å². The van der Waals surface area contributed by atoms with Crippen LogP contribution in [0.2, 0.25) is 5.02 Å². The van der Waals surface area contributed by atoms with Gasteiger partial charge in [-0.1, -0.05) is 24.6 Å². The molecule has 0 saturated carbocycles. The predicted octanol–water partition coefficient (Wildman–Crippen LogP) is 3.16. The lowest BCUT2D eigenvalue weighted by atomic mass is 10.00. The van der Waals surface area contributed by atoms with Crippen LogP contribution in [0.25, 0.3) is 0 Å². The average Bonchev–Trinajstić information content (AvgIpc) is 3.39. The third kappa shape index (κ3) is 3.08. The van der Waals surface area contributed by atoms with E-state index in [2.05, 4.69) is 0 Å². The second kappa shape index (κ2) is 7.26. The summed E-state index contributed by atoms with van der Waals surface area (Å²) >= 11 is 7.35. The monoisotopic (exact) mass is 438 g/mol. The van der Waals surface area contributed by atoms with E-state index in [1.807, 2.05) is 24.4 Å². The van der Waals surface area contributed by atoms with E-state index in [1.54, 1.807) is 0 Å². The first-order valence-electron chi connectivity index (χ1n) is 9.00. The Balaban J connectivity index is 1.58. The fraction of sp³-hybridized carbons (Fsp3) is 0.368. The number of nitrogens with zero attached hydrogens (tertiary/aromatic N) is 2. The quantitative estimate of drug-likeness (QED) is 0.672. The normalized spacial score (nSPS) is 24.0. The lowest BCUT2D eigenvalue weighted by molar-refractivity contribution is -0.143. The summed E-state index contributed by atoms with van der Waals surface area (Å²) in [5.41, 5.74) is 0. The summed E-state index contributed by atoms with van der Waals surface area (Å²) in [4.78, 5) is 28.5. The molecule has 3 atom stereocenters. The molecule has 2 fully saturated rings. The molecule has 4 rings (SSSR count). The maximum absolute atomic E-state index is 13.0. The maximum atomic E-state index is 13.0. The van der Waals surface area contributed by atoms with Crippen molar-refractivity contribution in [3.63, 3.8) is 0 Å². The Morgan fingerprint density at radius 1 is 1.11 bits per heavy atom. The summed E-state index contributed by atoms with van der Waals surface area (Å²) < 4.78 is 27.0. The number of halogens is 1. The van der Waals surface area contributed by atoms with Crippen molar-refractivity contribution in [1.82, 2.24) is 9.21 Å². The van der Waals surface area contributed by atoms with Crippen LogP contribution in [0.3, 0.4) is 0 Å². The predicted molar refractivity (Wildman–Crippen MR) is 106 cm³/mol. The smallest absolute Gasteiger partial charge is 0.243 e. The van der Waals surface area contributed by atoms with Crippen LogP contribution < -0.4 is 0 Å². The Labute approximate surface area is 172 Å². The Morgan fingerprint density at radius 2 is 1.71 bits per heavy atom. The number of amides is 2. The van der Waals surface area contributed by atoms with Crippen LogP contribution in [-0.4, -0.2) is 42.5 Å². The van der Waals surface area contributed by atoms with E-state index < -0.39 is 21.9 Å². The molecule has 148 valence electrons. The first-order chi connectivity index (χ1) is 13.3. The molecular weight excluding hydrogens is 420 g/mol. The van der Waals surface area contributed by atoms with Crippen molar-refractivity contribution >= 4 is 44.8 Å². The molecule has 3 heterocycles. The van der Waals surface area contributed by atoms with E-state index in [-0.39, 0.29) is 35.8 Å². The molecule has 0 aliphatic carbocycles. The number of fused-ring (bicyclic) bond motifs is 1. The van der Waals surface area contributed by atoms with Gasteiger partial charge in [-0.2, -0.15) is 4.31 Å². The minimum atomic E-state index is -3.78. The van der Waals surface area contributed by atoms with Crippen molar-refractivity contribution in [1.29, 1.82) is 0 Å². The van der Waals surface area contributed by atoms with E-state index in [9.17, 15) is 18.0 Å². The molecule has 2 amide bonds. The van der Waals surface area contributed by atoms with Crippen LogP contribution >= 0.6 is 22.9 Å². The van der Waals surface area contributed by atoms with E-state index in [0.29, 0.717) is 11.4 Å². The van der Waals surface area contributed by atoms with Crippen molar-refractivity contribution in [2.45, 2.75) is 24.3 Å². The summed E-state index contributed by atoms with van der Waals surface area (Å²) in [6.45, 7) is 1.99. The van der Waals surface area contributed by atoms with Crippen LogP contribution in [0.15, 0.2) is 46.7 Å². The van der Waals surface area contributed by atoms with Crippen LogP contribution in [-0.2, 0) is 19.6 Å². The molecule has 2 aromatic rings. The van der Waals surface area contributed by atoms with Gasteiger partial charge in [0.1, 0.15) is 0 Å². The molecule has 0 N–H and O–H groups in total. The van der Waals surface area contributed by atoms with Gasteiger partial charge in [0.05, 0.1) is 22.8 Å². The largest absolute Gasteiger partial charge is 0.274 e.